The zero-order valence-corrected chi connectivity index (χ0v) is 13.2. The van der Waals surface area contributed by atoms with Crippen LogP contribution in [-0.2, 0) is 13.6 Å². The summed E-state index contributed by atoms with van der Waals surface area (Å²) >= 11 is 0. The molecule has 0 saturated heterocycles. The molecule has 2 atom stereocenters. The maximum atomic E-state index is 4.34. The lowest BCUT2D eigenvalue weighted by molar-refractivity contribution is 0.315. The second-order valence-electron chi connectivity index (χ2n) is 6.42. The summed E-state index contributed by atoms with van der Waals surface area (Å²) in [7, 11) is 3.81. The maximum Gasteiger partial charge on any atom is 0.191 e. The number of aryl methyl sites for hydroxylation is 1. The van der Waals surface area contributed by atoms with E-state index in [4.69, 9.17) is 0 Å². The average Bonchev–Trinajstić information content (AvgIpc) is 3.17. The van der Waals surface area contributed by atoms with Crippen LogP contribution >= 0.6 is 0 Å². The molecule has 0 spiro atoms. The van der Waals surface area contributed by atoms with E-state index in [2.05, 4.69) is 20.7 Å². The quantitative estimate of drug-likeness (QED) is 0.659. The van der Waals surface area contributed by atoms with Crippen LogP contribution in [0.5, 0.6) is 0 Å². The molecule has 5 nitrogen and oxygen atoms in total. The van der Waals surface area contributed by atoms with E-state index in [9.17, 15) is 0 Å². The van der Waals surface area contributed by atoms with Crippen LogP contribution in [0.15, 0.2) is 17.3 Å². The van der Waals surface area contributed by atoms with Crippen molar-refractivity contribution in [3.8, 4) is 0 Å². The summed E-state index contributed by atoms with van der Waals surface area (Å²) < 4.78 is 1.89. The number of hydrogen-bond acceptors (Lipinski definition) is 2. The number of aromatic nitrogens is 2. The van der Waals surface area contributed by atoms with Crippen molar-refractivity contribution in [2.24, 2.45) is 23.9 Å². The molecule has 1 aromatic rings. The lowest BCUT2D eigenvalue weighted by Gasteiger charge is -2.22. The van der Waals surface area contributed by atoms with Gasteiger partial charge in [0.2, 0.25) is 0 Å². The first-order valence-electron chi connectivity index (χ1n) is 8.22. The number of aliphatic imine (C=N–C) groups is 1. The molecular formula is C16H27N5. The minimum Gasteiger partial charge on any atom is -0.353 e. The summed E-state index contributed by atoms with van der Waals surface area (Å²) in [5.41, 5.74) is 1.16. The van der Waals surface area contributed by atoms with Gasteiger partial charge in [0.05, 0.1) is 12.2 Å². The number of rotatable bonds is 4. The fraction of sp³-hybridized carbons (Fsp3) is 0.750. The summed E-state index contributed by atoms with van der Waals surface area (Å²) in [5, 5.41) is 11.1. The molecule has 0 aliphatic heterocycles. The molecule has 21 heavy (non-hydrogen) atoms. The third-order valence-electron chi connectivity index (χ3n) is 5.00. The summed E-state index contributed by atoms with van der Waals surface area (Å²) in [5.74, 6) is 2.74. The Morgan fingerprint density at radius 2 is 2.19 bits per heavy atom. The van der Waals surface area contributed by atoms with Crippen LogP contribution in [0.1, 0.15) is 44.2 Å². The molecule has 1 heterocycles. The van der Waals surface area contributed by atoms with E-state index in [1.165, 1.54) is 38.5 Å². The monoisotopic (exact) mass is 289 g/mol. The van der Waals surface area contributed by atoms with E-state index in [-0.39, 0.29) is 0 Å². The van der Waals surface area contributed by atoms with Crippen LogP contribution in [0.3, 0.4) is 0 Å². The number of hydrogen-bond donors (Lipinski definition) is 2. The van der Waals surface area contributed by atoms with Gasteiger partial charge < -0.3 is 10.6 Å². The first-order chi connectivity index (χ1) is 10.3. The average molecular weight is 289 g/mol. The Morgan fingerprint density at radius 1 is 1.38 bits per heavy atom. The highest BCUT2D eigenvalue weighted by molar-refractivity contribution is 5.80. The second kappa shape index (κ2) is 6.50. The molecule has 2 aliphatic rings. The highest BCUT2D eigenvalue weighted by atomic mass is 15.3. The zero-order chi connectivity index (χ0) is 14.7. The van der Waals surface area contributed by atoms with Gasteiger partial charge in [-0.1, -0.05) is 32.1 Å². The van der Waals surface area contributed by atoms with E-state index in [1.807, 2.05) is 31.0 Å². The molecular weight excluding hydrogens is 262 g/mol. The Hall–Kier alpha value is -1.52. The van der Waals surface area contributed by atoms with Crippen molar-refractivity contribution in [3.63, 3.8) is 0 Å². The van der Waals surface area contributed by atoms with Gasteiger partial charge in [0.15, 0.2) is 5.96 Å². The van der Waals surface area contributed by atoms with Gasteiger partial charge >= 0.3 is 0 Å². The van der Waals surface area contributed by atoms with Crippen LogP contribution < -0.4 is 10.6 Å². The van der Waals surface area contributed by atoms with Gasteiger partial charge in [0.1, 0.15) is 0 Å². The van der Waals surface area contributed by atoms with Gasteiger partial charge in [-0.05, 0) is 24.3 Å². The largest absolute Gasteiger partial charge is 0.353 e. The Balaban J connectivity index is 1.44. The summed E-state index contributed by atoms with van der Waals surface area (Å²) in [4.78, 5) is 4.34. The van der Waals surface area contributed by atoms with Crippen molar-refractivity contribution in [3.05, 3.63) is 18.0 Å². The Kier molecular flexibility index (Phi) is 4.46. The summed E-state index contributed by atoms with van der Waals surface area (Å²) in [6.07, 6.45) is 10.3. The molecule has 2 fully saturated rings. The van der Waals surface area contributed by atoms with Crippen LogP contribution in [0.25, 0.3) is 0 Å². The predicted octanol–water partition coefficient (Wildman–Crippen LogP) is 2.05. The first kappa shape index (κ1) is 14.4. The van der Waals surface area contributed by atoms with E-state index < -0.39 is 0 Å². The maximum absolute atomic E-state index is 4.34. The minimum atomic E-state index is 0.630. The Morgan fingerprint density at radius 3 is 2.86 bits per heavy atom. The molecule has 0 radical (unpaired) electrons. The van der Waals surface area contributed by atoms with Crippen LogP contribution in [0, 0.1) is 11.8 Å². The van der Waals surface area contributed by atoms with E-state index in [1.54, 1.807) is 0 Å². The molecule has 5 heteroatoms. The number of nitrogens with one attached hydrogen (secondary N) is 2. The highest BCUT2D eigenvalue weighted by Crippen LogP contribution is 2.44. The van der Waals surface area contributed by atoms with Gasteiger partial charge in [-0.15, -0.1) is 0 Å². The van der Waals surface area contributed by atoms with Crippen molar-refractivity contribution < 1.29 is 0 Å². The Bertz CT molecular complexity index is 487. The standard InChI is InChI=1S/C16H27N5/c1-17-16(18-11-13-8-9-19-21(13)2)20-15-10-14(15)12-6-4-3-5-7-12/h8-9,12,14-15H,3-7,10-11H2,1-2H3,(H2,17,18,20). The smallest absolute Gasteiger partial charge is 0.191 e. The van der Waals surface area contributed by atoms with Crippen LogP contribution in [0.2, 0.25) is 0 Å². The molecule has 2 unspecified atom stereocenters. The number of guanidine groups is 1. The molecule has 2 saturated carbocycles. The van der Waals surface area contributed by atoms with E-state index in [0.29, 0.717) is 6.04 Å². The van der Waals surface area contributed by atoms with Crippen molar-refractivity contribution in [1.29, 1.82) is 0 Å². The minimum absolute atomic E-state index is 0.630. The van der Waals surface area contributed by atoms with E-state index >= 15 is 0 Å². The van der Waals surface area contributed by atoms with Gasteiger partial charge in [-0.3, -0.25) is 9.67 Å². The van der Waals surface area contributed by atoms with Crippen LogP contribution in [0.4, 0.5) is 0 Å². The number of nitrogens with zero attached hydrogens (tertiary/aromatic N) is 3. The first-order valence-corrected chi connectivity index (χ1v) is 8.22. The topological polar surface area (TPSA) is 54.2 Å². The van der Waals surface area contributed by atoms with Gasteiger partial charge in [0, 0.05) is 26.3 Å². The Labute approximate surface area is 127 Å². The fourth-order valence-electron chi connectivity index (χ4n) is 3.58. The molecule has 0 amide bonds. The third kappa shape index (κ3) is 3.57. The molecule has 2 aliphatic carbocycles. The lowest BCUT2D eigenvalue weighted by atomic mass is 9.85. The lowest BCUT2D eigenvalue weighted by Crippen LogP contribution is -2.39. The van der Waals surface area contributed by atoms with Crippen molar-refractivity contribution in [2.75, 3.05) is 7.05 Å². The van der Waals surface area contributed by atoms with E-state index in [0.717, 1.165) is 30.0 Å². The summed E-state index contributed by atoms with van der Waals surface area (Å²) in [6, 6.07) is 2.66. The predicted molar refractivity (Wildman–Crippen MR) is 85.0 cm³/mol. The van der Waals surface area contributed by atoms with Crippen LogP contribution in [-0.4, -0.2) is 28.8 Å². The van der Waals surface area contributed by atoms with Crippen molar-refractivity contribution >= 4 is 5.96 Å². The highest BCUT2D eigenvalue weighted by Gasteiger charge is 2.43. The van der Waals surface area contributed by atoms with Gasteiger partial charge in [-0.25, -0.2) is 0 Å². The molecule has 3 rings (SSSR count). The zero-order valence-electron chi connectivity index (χ0n) is 13.2. The van der Waals surface area contributed by atoms with Gasteiger partial charge in [-0.2, -0.15) is 5.10 Å². The third-order valence-corrected chi connectivity index (χ3v) is 5.00. The van der Waals surface area contributed by atoms with Crippen molar-refractivity contribution in [1.82, 2.24) is 20.4 Å². The molecule has 0 aromatic carbocycles. The van der Waals surface area contributed by atoms with Gasteiger partial charge in [0.25, 0.3) is 0 Å². The summed E-state index contributed by atoms with van der Waals surface area (Å²) in [6.45, 7) is 0.761. The molecule has 1 aromatic heterocycles. The molecule has 116 valence electrons. The molecule has 2 N–H and O–H groups in total. The normalized spacial score (nSPS) is 26.7. The SMILES string of the molecule is CN=C(NCc1ccnn1C)NC1CC1C1CCCCC1. The second-order valence-corrected chi connectivity index (χ2v) is 6.42. The fourth-order valence-corrected chi connectivity index (χ4v) is 3.58. The molecule has 0 bridgehead atoms. The van der Waals surface area contributed by atoms with Crippen molar-refractivity contribution in [2.45, 2.75) is 51.1 Å².